The van der Waals surface area contributed by atoms with Crippen molar-refractivity contribution >= 4 is 28.7 Å². The number of hydrogen-bond acceptors (Lipinski definition) is 6. The predicted octanol–water partition coefficient (Wildman–Crippen LogP) is 1.46. The summed E-state index contributed by atoms with van der Waals surface area (Å²) < 4.78 is 2.58. The van der Waals surface area contributed by atoms with Gasteiger partial charge in [0.25, 0.3) is 5.56 Å². The minimum Gasteiger partial charge on any atom is -0.351 e. The van der Waals surface area contributed by atoms with Crippen molar-refractivity contribution in [2.75, 3.05) is 5.75 Å². The number of nitrogens with zero attached hydrogens (tertiary/aromatic N) is 4. The van der Waals surface area contributed by atoms with Crippen molar-refractivity contribution in [2.45, 2.75) is 58.7 Å². The monoisotopic (exact) mass is 393 g/mol. The van der Waals surface area contributed by atoms with Crippen LogP contribution in [0.3, 0.4) is 0 Å². The maximum atomic E-state index is 12.7. The van der Waals surface area contributed by atoms with Gasteiger partial charge in [0.2, 0.25) is 5.91 Å². The number of carbonyl (C=O) groups is 1. The number of nitrogens with one attached hydrogen (secondary N) is 1. The maximum Gasteiger partial charge on any atom is 0.332 e. The molecule has 9 heteroatoms. The number of fused-ring (bicyclic) bond motifs is 1. The first-order chi connectivity index (χ1) is 12.4. The Hall–Kier alpha value is -2.16. The van der Waals surface area contributed by atoms with Gasteiger partial charge in [-0.15, -0.1) is 0 Å². The summed E-state index contributed by atoms with van der Waals surface area (Å²) >= 11 is 1.18. The summed E-state index contributed by atoms with van der Waals surface area (Å²) in [4.78, 5) is 46.2. The molecular formula is C18H27N5O3S. The van der Waals surface area contributed by atoms with E-state index in [-0.39, 0.29) is 28.5 Å². The van der Waals surface area contributed by atoms with Crippen LogP contribution in [0.25, 0.3) is 11.0 Å². The molecule has 148 valence electrons. The summed E-state index contributed by atoms with van der Waals surface area (Å²) in [5, 5.41) is 3.57. The molecule has 0 fully saturated rings. The average Bonchev–Trinajstić information content (AvgIpc) is 2.52. The van der Waals surface area contributed by atoms with Gasteiger partial charge in [-0.05, 0) is 33.6 Å². The van der Waals surface area contributed by atoms with E-state index in [2.05, 4.69) is 15.3 Å². The number of amides is 1. The van der Waals surface area contributed by atoms with Crippen LogP contribution in [0, 0.1) is 12.8 Å². The fourth-order valence-electron chi connectivity index (χ4n) is 2.66. The molecule has 0 radical (unpaired) electrons. The van der Waals surface area contributed by atoms with Crippen LogP contribution in [0.5, 0.6) is 0 Å². The molecule has 0 spiro atoms. The number of carbonyl (C=O) groups excluding carboxylic acids is 1. The lowest BCUT2D eigenvalue weighted by molar-refractivity contribution is -0.119. The molecule has 2 aromatic heterocycles. The van der Waals surface area contributed by atoms with Crippen LogP contribution in [0.1, 0.15) is 40.4 Å². The first kappa shape index (κ1) is 21.1. The first-order valence-electron chi connectivity index (χ1n) is 8.82. The van der Waals surface area contributed by atoms with Crippen molar-refractivity contribution in [3.63, 3.8) is 0 Å². The highest BCUT2D eigenvalue weighted by Crippen LogP contribution is 2.22. The van der Waals surface area contributed by atoms with Crippen molar-refractivity contribution in [3.8, 4) is 0 Å². The van der Waals surface area contributed by atoms with Crippen LogP contribution in [0.15, 0.2) is 14.6 Å². The highest BCUT2D eigenvalue weighted by Gasteiger charge is 2.20. The maximum absolute atomic E-state index is 12.7. The fourth-order valence-corrected chi connectivity index (χ4v) is 3.52. The third-order valence-corrected chi connectivity index (χ3v) is 4.64. The Balaban J connectivity index is 2.58. The second kappa shape index (κ2) is 7.84. The van der Waals surface area contributed by atoms with E-state index < -0.39 is 11.2 Å². The van der Waals surface area contributed by atoms with E-state index in [1.165, 1.54) is 23.4 Å². The third-order valence-electron chi connectivity index (χ3n) is 3.66. The number of hydrogen-bond donors (Lipinski definition) is 1. The SMILES string of the molecule is Cc1nc(SCC(=O)NC(C)(C)C)c2c(=O)n(C)c(=O)n(CC(C)C)c2n1. The van der Waals surface area contributed by atoms with Crippen LogP contribution < -0.4 is 16.6 Å². The van der Waals surface area contributed by atoms with Crippen LogP contribution in [-0.4, -0.2) is 36.3 Å². The van der Waals surface area contributed by atoms with Gasteiger partial charge in [-0.25, -0.2) is 14.8 Å². The fraction of sp³-hybridized carbons (Fsp3) is 0.611. The van der Waals surface area contributed by atoms with Gasteiger partial charge >= 0.3 is 5.69 Å². The first-order valence-corrected chi connectivity index (χ1v) is 9.81. The van der Waals surface area contributed by atoms with E-state index >= 15 is 0 Å². The molecule has 1 N–H and O–H groups in total. The molecule has 0 atom stereocenters. The van der Waals surface area contributed by atoms with Crippen molar-refractivity contribution < 1.29 is 4.79 Å². The van der Waals surface area contributed by atoms with Gasteiger partial charge in [0.05, 0.1) is 5.75 Å². The van der Waals surface area contributed by atoms with Crippen LogP contribution in [0.4, 0.5) is 0 Å². The minimum absolute atomic E-state index is 0.120. The number of aromatic nitrogens is 4. The molecule has 2 aromatic rings. The Labute approximate surface area is 162 Å². The molecule has 0 saturated heterocycles. The summed E-state index contributed by atoms with van der Waals surface area (Å²) in [6.07, 6.45) is 0. The largest absolute Gasteiger partial charge is 0.351 e. The van der Waals surface area contributed by atoms with E-state index in [0.717, 1.165) is 4.57 Å². The Kier molecular flexibility index (Phi) is 6.14. The summed E-state index contributed by atoms with van der Waals surface area (Å²) in [5.74, 6) is 0.623. The highest BCUT2D eigenvalue weighted by molar-refractivity contribution is 8.00. The quantitative estimate of drug-likeness (QED) is 0.610. The molecular weight excluding hydrogens is 366 g/mol. The lowest BCUT2D eigenvalue weighted by Gasteiger charge is -2.20. The number of aryl methyl sites for hydroxylation is 1. The second-order valence-electron chi connectivity index (χ2n) is 8.01. The zero-order valence-corrected chi connectivity index (χ0v) is 17.7. The molecule has 0 aromatic carbocycles. The van der Waals surface area contributed by atoms with E-state index in [1.54, 1.807) is 6.92 Å². The standard InChI is InChI=1S/C18H27N5O3S/c1-10(2)8-23-14-13(16(25)22(7)17(23)26)15(20-11(3)19-14)27-9-12(24)21-18(4,5)6/h10H,8-9H2,1-7H3,(H,21,24). The lowest BCUT2D eigenvalue weighted by atomic mass is 10.1. The normalized spacial score (nSPS) is 12.0. The van der Waals surface area contributed by atoms with E-state index in [0.29, 0.717) is 23.0 Å². The molecule has 0 saturated carbocycles. The molecule has 2 rings (SSSR count). The van der Waals surface area contributed by atoms with Crippen molar-refractivity contribution in [1.82, 2.24) is 24.4 Å². The van der Waals surface area contributed by atoms with Crippen LogP contribution >= 0.6 is 11.8 Å². The molecule has 27 heavy (non-hydrogen) atoms. The Bertz CT molecular complexity index is 986. The topological polar surface area (TPSA) is 98.9 Å². The highest BCUT2D eigenvalue weighted by atomic mass is 32.2. The second-order valence-corrected chi connectivity index (χ2v) is 8.98. The van der Waals surface area contributed by atoms with E-state index in [9.17, 15) is 14.4 Å². The summed E-state index contributed by atoms with van der Waals surface area (Å²) in [6, 6.07) is 0. The summed E-state index contributed by atoms with van der Waals surface area (Å²) in [5.41, 5.74) is -0.868. The van der Waals surface area contributed by atoms with Crippen LogP contribution in [0.2, 0.25) is 0 Å². The molecule has 8 nitrogen and oxygen atoms in total. The number of thioether (sulfide) groups is 1. The van der Waals surface area contributed by atoms with Crippen LogP contribution in [-0.2, 0) is 18.4 Å². The molecule has 0 unspecified atom stereocenters. The van der Waals surface area contributed by atoms with Gasteiger partial charge in [0, 0.05) is 19.1 Å². The van der Waals surface area contributed by atoms with Gasteiger partial charge in [-0.1, -0.05) is 25.6 Å². The molecule has 0 aliphatic carbocycles. The minimum atomic E-state index is -0.450. The third kappa shape index (κ3) is 4.97. The van der Waals surface area contributed by atoms with E-state index in [4.69, 9.17) is 0 Å². The molecule has 0 bridgehead atoms. The number of rotatable bonds is 5. The van der Waals surface area contributed by atoms with Gasteiger partial charge in [-0.2, -0.15) is 0 Å². The Morgan fingerprint density at radius 1 is 1.22 bits per heavy atom. The lowest BCUT2D eigenvalue weighted by Crippen LogP contribution is -2.41. The van der Waals surface area contributed by atoms with Gasteiger partial charge in [0.15, 0.2) is 5.65 Å². The smallest absolute Gasteiger partial charge is 0.332 e. The van der Waals surface area contributed by atoms with Crippen molar-refractivity contribution in [1.29, 1.82) is 0 Å². The van der Waals surface area contributed by atoms with E-state index in [1.807, 2.05) is 34.6 Å². The van der Waals surface area contributed by atoms with Crippen molar-refractivity contribution in [2.24, 2.45) is 13.0 Å². The van der Waals surface area contributed by atoms with Gasteiger partial charge in [0.1, 0.15) is 16.2 Å². The molecule has 0 aliphatic heterocycles. The molecule has 2 heterocycles. The predicted molar refractivity (Wildman–Crippen MR) is 107 cm³/mol. The Morgan fingerprint density at radius 2 is 1.85 bits per heavy atom. The van der Waals surface area contributed by atoms with Gasteiger partial charge < -0.3 is 5.32 Å². The zero-order valence-electron chi connectivity index (χ0n) is 16.9. The summed E-state index contributed by atoms with van der Waals surface area (Å²) in [6.45, 7) is 11.8. The van der Waals surface area contributed by atoms with Crippen molar-refractivity contribution in [3.05, 3.63) is 26.7 Å². The molecule has 0 aliphatic rings. The Morgan fingerprint density at radius 3 is 2.41 bits per heavy atom. The van der Waals surface area contributed by atoms with Gasteiger partial charge in [-0.3, -0.25) is 18.7 Å². The average molecular weight is 394 g/mol. The summed E-state index contributed by atoms with van der Waals surface area (Å²) in [7, 11) is 1.45. The zero-order chi connectivity index (χ0) is 20.5. The molecule has 1 amide bonds.